The molecular formula is C13H19NO3S. The first-order chi connectivity index (χ1) is 8.67. The lowest BCUT2D eigenvalue weighted by atomic mass is 9.91. The molecule has 2 atom stereocenters. The van der Waals surface area contributed by atoms with Gasteiger partial charge < -0.3 is 9.47 Å². The summed E-state index contributed by atoms with van der Waals surface area (Å²) in [7, 11) is 1.67. The smallest absolute Gasteiger partial charge is 0.315 e. The van der Waals surface area contributed by atoms with Crippen LogP contribution in [0.15, 0.2) is 0 Å². The van der Waals surface area contributed by atoms with Crippen molar-refractivity contribution in [1.82, 2.24) is 4.98 Å². The Balaban J connectivity index is 2.25. The second kappa shape index (κ2) is 5.80. The number of rotatable bonds is 4. The van der Waals surface area contributed by atoms with Crippen LogP contribution >= 0.6 is 11.3 Å². The monoisotopic (exact) mass is 269 g/mol. The SMILES string of the molecule is CCOC(=O)C1CCCc2sc(C(C)OC)nc21. The lowest BCUT2D eigenvalue weighted by Gasteiger charge is -2.19. The molecule has 0 amide bonds. The first-order valence-electron chi connectivity index (χ1n) is 6.36. The minimum Gasteiger partial charge on any atom is -0.465 e. The Hall–Kier alpha value is -0.940. The highest BCUT2D eigenvalue weighted by Gasteiger charge is 2.31. The zero-order valence-corrected chi connectivity index (χ0v) is 11.9. The molecule has 4 nitrogen and oxygen atoms in total. The maximum atomic E-state index is 11.9. The third kappa shape index (κ3) is 2.57. The molecule has 0 aliphatic heterocycles. The number of carbonyl (C=O) groups is 1. The van der Waals surface area contributed by atoms with Crippen LogP contribution in [0.5, 0.6) is 0 Å². The van der Waals surface area contributed by atoms with Crippen molar-refractivity contribution in [2.45, 2.75) is 45.1 Å². The van der Waals surface area contributed by atoms with Gasteiger partial charge in [0.15, 0.2) is 0 Å². The fourth-order valence-corrected chi connectivity index (χ4v) is 3.38. The maximum Gasteiger partial charge on any atom is 0.315 e. The minimum atomic E-state index is -0.178. The predicted octanol–water partition coefficient (Wildman–Crippen LogP) is 2.83. The summed E-state index contributed by atoms with van der Waals surface area (Å²) < 4.78 is 10.4. The number of nitrogens with zero attached hydrogens (tertiary/aromatic N) is 1. The fraction of sp³-hybridized carbons (Fsp3) is 0.692. The second-order valence-electron chi connectivity index (χ2n) is 4.44. The Morgan fingerprint density at radius 2 is 2.39 bits per heavy atom. The highest BCUT2D eigenvalue weighted by Crippen LogP contribution is 2.37. The third-order valence-electron chi connectivity index (χ3n) is 3.24. The van der Waals surface area contributed by atoms with Crippen LogP contribution in [0.3, 0.4) is 0 Å². The van der Waals surface area contributed by atoms with Crippen LogP contribution in [0, 0.1) is 0 Å². The molecule has 1 aromatic heterocycles. The Morgan fingerprint density at radius 3 is 3.06 bits per heavy atom. The van der Waals surface area contributed by atoms with Crippen molar-refractivity contribution < 1.29 is 14.3 Å². The van der Waals surface area contributed by atoms with Gasteiger partial charge in [0.05, 0.1) is 12.3 Å². The molecule has 2 unspecified atom stereocenters. The summed E-state index contributed by atoms with van der Waals surface area (Å²) >= 11 is 1.66. The topological polar surface area (TPSA) is 48.4 Å². The van der Waals surface area contributed by atoms with E-state index < -0.39 is 0 Å². The normalized spacial score (nSPS) is 20.3. The predicted molar refractivity (Wildman–Crippen MR) is 69.9 cm³/mol. The van der Waals surface area contributed by atoms with Crippen molar-refractivity contribution in [3.63, 3.8) is 0 Å². The van der Waals surface area contributed by atoms with Crippen LogP contribution in [-0.2, 0) is 20.7 Å². The summed E-state index contributed by atoms with van der Waals surface area (Å²) in [6.45, 7) is 4.24. The Kier molecular flexibility index (Phi) is 4.35. The molecule has 1 aromatic rings. The quantitative estimate of drug-likeness (QED) is 0.789. The van der Waals surface area contributed by atoms with Gasteiger partial charge in [-0.05, 0) is 33.1 Å². The molecule has 1 heterocycles. The molecule has 18 heavy (non-hydrogen) atoms. The number of fused-ring (bicyclic) bond motifs is 1. The second-order valence-corrected chi connectivity index (χ2v) is 5.55. The summed E-state index contributed by atoms with van der Waals surface area (Å²) in [5.41, 5.74) is 0.920. The number of esters is 1. The minimum absolute atomic E-state index is 0.0107. The van der Waals surface area contributed by atoms with Crippen molar-refractivity contribution >= 4 is 17.3 Å². The van der Waals surface area contributed by atoms with Gasteiger partial charge in [-0.3, -0.25) is 4.79 Å². The molecule has 0 radical (unpaired) electrons. The first-order valence-corrected chi connectivity index (χ1v) is 7.18. The van der Waals surface area contributed by atoms with E-state index in [4.69, 9.17) is 9.47 Å². The van der Waals surface area contributed by atoms with Crippen molar-refractivity contribution in [2.75, 3.05) is 13.7 Å². The molecule has 0 fully saturated rings. The van der Waals surface area contributed by atoms with E-state index in [0.29, 0.717) is 6.61 Å². The Morgan fingerprint density at radius 1 is 1.61 bits per heavy atom. The van der Waals surface area contributed by atoms with Gasteiger partial charge in [0.25, 0.3) is 0 Å². The van der Waals surface area contributed by atoms with E-state index in [0.717, 1.165) is 30.0 Å². The number of aryl methyl sites for hydroxylation is 1. The fourth-order valence-electron chi connectivity index (χ4n) is 2.18. The van der Waals surface area contributed by atoms with Crippen LogP contribution in [-0.4, -0.2) is 24.7 Å². The van der Waals surface area contributed by atoms with E-state index in [-0.39, 0.29) is 18.0 Å². The number of aromatic nitrogens is 1. The zero-order valence-electron chi connectivity index (χ0n) is 11.1. The van der Waals surface area contributed by atoms with Crippen molar-refractivity contribution in [3.8, 4) is 0 Å². The Bertz CT molecular complexity index is 430. The number of ether oxygens (including phenoxy) is 2. The molecule has 0 N–H and O–H groups in total. The summed E-state index contributed by atoms with van der Waals surface area (Å²) in [4.78, 5) is 17.7. The van der Waals surface area contributed by atoms with Crippen LogP contribution in [0.4, 0.5) is 0 Å². The van der Waals surface area contributed by atoms with E-state index in [2.05, 4.69) is 4.98 Å². The summed E-state index contributed by atoms with van der Waals surface area (Å²) in [6.07, 6.45) is 2.87. The van der Waals surface area contributed by atoms with Crippen LogP contribution in [0.2, 0.25) is 0 Å². The van der Waals surface area contributed by atoms with E-state index in [1.807, 2.05) is 13.8 Å². The van der Waals surface area contributed by atoms with Crippen LogP contribution in [0.25, 0.3) is 0 Å². The van der Waals surface area contributed by atoms with Gasteiger partial charge >= 0.3 is 5.97 Å². The zero-order chi connectivity index (χ0) is 13.1. The lowest BCUT2D eigenvalue weighted by Crippen LogP contribution is -2.20. The maximum absolute atomic E-state index is 11.9. The molecular weight excluding hydrogens is 250 g/mol. The van der Waals surface area contributed by atoms with E-state index >= 15 is 0 Å². The van der Waals surface area contributed by atoms with Gasteiger partial charge in [-0.25, -0.2) is 4.98 Å². The molecule has 0 spiro atoms. The summed E-state index contributed by atoms with van der Waals surface area (Å²) in [5, 5.41) is 0.957. The van der Waals surface area contributed by atoms with Gasteiger partial charge in [-0.2, -0.15) is 0 Å². The highest BCUT2D eigenvalue weighted by molar-refractivity contribution is 7.11. The Labute approximate surface area is 111 Å². The number of hydrogen-bond acceptors (Lipinski definition) is 5. The summed E-state index contributed by atoms with van der Waals surface area (Å²) in [6, 6.07) is 0. The van der Waals surface area contributed by atoms with Gasteiger partial charge in [-0.15, -0.1) is 11.3 Å². The van der Waals surface area contributed by atoms with E-state index in [1.54, 1.807) is 18.4 Å². The largest absolute Gasteiger partial charge is 0.465 e. The van der Waals surface area contributed by atoms with Gasteiger partial charge in [0.2, 0.25) is 0 Å². The van der Waals surface area contributed by atoms with Gasteiger partial charge in [0, 0.05) is 12.0 Å². The average Bonchev–Trinajstić information content (AvgIpc) is 2.81. The standard InChI is InChI=1S/C13H19NO3S/c1-4-17-13(15)9-6-5-7-10-11(9)14-12(18-10)8(2)16-3/h8-9H,4-7H2,1-3H3. The van der Waals surface area contributed by atoms with Crippen LogP contribution in [0.1, 0.15) is 54.3 Å². The average molecular weight is 269 g/mol. The number of methoxy groups -OCH3 is 1. The van der Waals surface area contributed by atoms with Crippen molar-refractivity contribution in [2.24, 2.45) is 0 Å². The first kappa shape index (κ1) is 13.5. The molecule has 1 aliphatic carbocycles. The van der Waals surface area contributed by atoms with E-state index in [9.17, 15) is 4.79 Å². The molecule has 0 aromatic carbocycles. The molecule has 1 aliphatic rings. The highest BCUT2D eigenvalue weighted by atomic mass is 32.1. The number of hydrogen-bond donors (Lipinski definition) is 0. The van der Waals surface area contributed by atoms with Gasteiger partial charge in [0.1, 0.15) is 17.0 Å². The van der Waals surface area contributed by atoms with Crippen molar-refractivity contribution in [3.05, 3.63) is 15.6 Å². The molecule has 0 saturated heterocycles. The molecule has 5 heteroatoms. The lowest BCUT2D eigenvalue weighted by molar-refractivity contribution is -0.145. The number of thiazole rings is 1. The number of carbonyl (C=O) groups excluding carboxylic acids is 1. The molecule has 0 bridgehead atoms. The third-order valence-corrected chi connectivity index (χ3v) is 4.54. The van der Waals surface area contributed by atoms with E-state index in [1.165, 1.54) is 4.88 Å². The van der Waals surface area contributed by atoms with Crippen molar-refractivity contribution in [1.29, 1.82) is 0 Å². The van der Waals surface area contributed by atoms with Gasteiger partial charge in [-0.1, -0.05) is 0 Å². The molecule has 100 valence electrons. The molecule has 2 rings (SSSR count). The summed E-state index contributed by atoms with van der Waals surface area (Å²) in [5.74, 6) is -0.317. The molecule has 0 saturated carbocycles. The van der Waals surface area contributed by atoms with Crippen LogP contribution < -0.4 is 0 Å².